The molecule has 1 amide bonds. The summed E-state index contributed by atoms with van der Waals surface area (Å²) in [5.41, 5.74) is 3.34. The number of sulfonamides is 1. The summed E-state index contributed by atoms with van der Waals surface area (Å²) in [5.74, 6) is -0.340. The lowest BCUT2D eigenvalue weighted by atomic mass is 9.66. The topological polar surface area (TPSA) is 96.3 Å². The number of nitrogens with zero attached hydrogens (tertiary/aromatic N) is 3. The van der Waals surface area contributed by atoms with Crippen molar-refractivity contribution in [2.45, 2.75) is 118 Å². The summed E-state index contributed by atoms with van der Waals surface area (Å²) in [4.78, 5) is 20.8. The highest BCUT2D eigenvalue weighted by Gasteiger charge is 2.44. The van der Waals surface area contributed by atoms with Gasteiger partial charge in [0.2, 0.25) is 10.0 Å². The quantitative estimate of drug-likeness (QED) is 0.178. The molecule has 8 rings (SSSR count). The van der Waals surface area contributed by atoms with Crippen LogP contribution >= 0.6 is 11.6 Å². The predicted molar refractivity (Wildman–Crippen MR) is 193 cm³/mol. The molecule has 11 heteroatoms. The highest BCUT2D eigenvalue weighted by atomic mass is 35.5. The number of benzene rings is 3. The Bertz CT molecular complexity index is 1990. The number of imidazole rings is 1. The van der Waals surface area contributed by atoms with Crippen LogP contribution in [0.25, 0.3) is 11.0 Å². The fourth-order valence-corrected chi connectivity index (χ4v) is 11.1. The van der Waals surface area contributed by atoms with Crippen LogP contribution in [0.5, 0.6) is 0 Å². The maximum Gasteiger partial charge on any atom is 0.254 e. The molecule has 2 bridgehead atoms. The highest BCUT2D eigenvalue weighted by molar-refractivity contribution is 7.89. The van der Waals surface area contributed by atoms with Gasteiger partial charge in [-0.15, -0.1) is 0 Å². The van der Waals surface area contributed by atoms with E-state index in [0.29, 0.717) is 18.1 Å². The molecule has 2 aliphatic heterocycles. The number of nitrogens with one attached hydrogen (secondary N) is 2. The molecule has 4 aliphatic rings. The number of hydrogen-bond donors (Lipinski definition) is 2. The minimum absolute atomic E-state index is 0.0167. The van der Waals surface area contributed by atoms with Gasteiger partial charge in [0.1, 0.15) is 16.5 Å². The zero-order chi connectivity index (χ0) is 34.6. The molecule has 50 heavy (non-hydrogen) atoms. The molecule has 3 heterocycles. The van der Waals surface area contributed by atoms with Gasteiger partial charge in [-0.2, -0.15) is 0 Å². The van der Waals surface area contributed by atoms with E-state index in [4.69, 9.17) is 16.6 Å². The molecule has 8 nitrogen and oxygen atoms in total. The number of hydrogen-bond acceptors (Lipinski definition) is 5. The first-order chi connectivity index (χ1) is 24.1. The van der Waals surface area contributed by atoms with E-state index in [1.165, 1.54) is 23.9 Å². The summed E-state index contributed by atoms with van der Waals surface area (Å²) in [6.07, 6.45) is 10.6. The molecule has 2 atom stereocenters. The number of carbonyl (C=O) groups is 1. The highest BCUT2D eigenvalue weighted by Crippen LogP contribution is 2.46. The van der Waals surface area contributed by atoms with E-state index < -0.39 is 21.7 Å². The van der Waals surface area contributed by atoms with E-state index in [2.05, 4.69) is 81.0 Å². The van der Waals surface area contributed by atoms with Crippen LogP contribution in [0.4, 0.5) is 4.39 Å². The summed E-state index contributed by atoms with van der Waals surface area (Å²) < 4.78 is 45.8. The zero-order valence-electron chi connectivity index (χ0n) is 28.5. The molecule has 2 N–H and O–H groups in total. The van der Waals surface area contributed by atoms with E-state index >= 15 is 4.39 Å². The summed E-state index contributed by atoms with van der Waals surface area (Å²) in [5, 5.41) is 2.79. The lowest BCUT2D eigenvalue weighted by Gasteiger charge is -2.45. The van der Waals surface area contributed by atoms with Gasteiger partial charge < -0.3 is 9.88 Å². The van der Waals surface area contributed by atoms with Gasteiger partial charge >= 0.3 is 0 Å². The Morgan fingerprint density at radius 1 is 0.920 bits per heavy atom. The van der Waals surface area contributed by atoms with E-state index in [1.807, 2.05) is 0 Å². The SMILES string of the molecule is Cc1nc2ccccc2n1C1CC2CCC(C1)N2CCC1(c2ccccc2)CCC(NC(=O)c2cc(S(=O)(=O)NC3CC3)c(Cl)cc2F)CC1. The van der Waals surface area contributed by atoms with Crippen LogP contribution in [0, 0.1) is 12.7 Å². The molecular weight excluding hydrogens is 673 g/mol. The Morgan fingerprint density at radius 2 is 1.60 bits per heavy atom. The number of carbonyl (C=O) groups excluding carboxylic acids is 1. The van der Waals surface area contributed by atoms with Crippen LogP contribution < -0.4 is 10.0 Å². The second kappa shape index (κ2) is 13.3. The van der Waals surface area contributed by atoms with Crippen LogP contribution in [-0.2, 0) is 15.4 Å². The fraction of sp³-hybridized carbons (Fsp3) is 0.487. The van der Waals surface area contributed by atoms with Gasteiger partial charge in [0.15, 0.2) is 0 Å². The predicted octanol–water partition coefficient (Wildman–Crippen LogP) is 7.45. The Morgan fingerprint density at radius 3 is 2.30 bits per heavy atom. The molecule has 4 aromatic rings. The first kappa shape index (κ1) is 33.8. The number of fused-ring (bicyclic) bond motifs is 3. The van der Waals surface area contributed by atoms with Gasteiger partial charge in [-0.25, -0.2) is 22.5 Å². The third-order valence-corrected chi connectivity index (χ3v) is 13.9. The Balaban J connectivity index is 0.944. The van der Waals surface area contributed by atoms with E-state index in [1.54, 1.807) is 0 Å². The minimum atomic E-state index is -3.96. The molecule has 1 aromatic heterocycles. The van der Waals surface area contributed by atoms with Crippen LogP contribution in [0.3, 0.4) is 0 Å². The van der Waals surface area contributed by atoms with Crippen molar-refractivity contribution in [1.82, 2.24) is 24.5 Å². The normalized spacial score (nSPS) is 27.1. The lowest BCUT2D eigenvalue weighted by Crippen LogP contribution is -2.47. The number of para-hydroxylation sites is 2. The number of halogens is 2. The van der Waals surface area contributed by atoms with Crippen molar-refractivity contribution >= 4 is 38.6 Å². The van der Waals surface area contributed by atoms with Crippen molar-refractivity contribution in [3.63, 3.8) is 0 Å². The maximum atomic E-state index is 15.0. The summed E-state index contributed by atoms with van der Waals surface area (Å²) in [6, 6.07) is 22.6. The summed E-state index contributed by atoms with van der Waals surface area (Å²) in [7, 11) is -3.96. The van der Waals surface area contributed by atoms with Crippen molar-refractivity contribution < 1.29 is 17.6 Å². The van der Waals surface area contributed by atoms with E-state index in [9.17, 15) is 13.2 Å². The lowest BCUT2D eigenvalue weighted by molar-refractivity contribution is 0.0849. The molecule has 2 unspecified atom stereocenters. The van der Waals surface area contributed by atoms with Crippen molar-refractivity contribution in [3.8, 4) is 0 Å². The first-order valence-electron chi connectivity index (χ1n) is 18.2. The van der Waals surface area contributed by atoms with Crippen molar-refractivity contribution in [1.29, 1.82) is 0 Å². The Labute approximate surface area is 298 Å². The van der Waals surface area contributed by atoms with Crippen LogP contribution in [-0.4, -0.2) is 59.5 Å². The average molecular weight is 718 g/mol. The molecule has 264 valence electrons. The van der Waals surface area contributed by atoms with Gasteiger partial charge in [-0.3, -0.25) is 9.69 Å². The van der Waals surface area contributed by atoms with E-state index in [-0.39, 0.29) is 33.0 Å². The number of aromatic nitrogens is 2. The molecule has 0 spiro atoms. The van der Waals surface area contributed by atoms with Crippen LogP contribution in [0.2, 0.25) is 5.02 Å². The van der Waals surface area contributed by atoms with Gasteiger partial charge in [-0.05, 0) is 119 Å². The first-order valence-corrected chi connectivity index (χ1v) is 20.0. The van der Waals surface area contributed by atoms with Gasteiger partial charge in [0, 0.05) is 30.2 Å². The Hall–Kier alpha value is -3.31. The molecule has 2 aliphatic carbocycles. The van der Waals surface area contributed by atoms with Crippen LogP contribution in [0.15, 0.2) is 71.6 Å². The fourth-order valence-electron chi connectivity index (χ4n) is 9.24. The molecular formula is C39H45ClFN5O3S. The number of amides is 1. The largest absolute Gasteiger partial charge is 0.349 e. The monoisotopic (exact) mass is 717 g/mol. The summed E-state index contributed by atoms with van der Waals surface area (Å²) >= 11 is 6.14. The smallest absolute Gasteiger partial charge is 0.254 e. The molecule has 0 radical (unpaired) electrons. The third kappa shape index (κ3) is 6.49. The Kier molecular flexibility index (Phi) is 9.02. The van der Waals surface area contributed by atoms with Crippen molar-refractivity contribution in [3.05, 3.63) is 94.5 Å². The van der Waals surface area contributed by atoms with Gasteiger partial charge in [0.05, 0.1) is 21.6 Å². The standard InChI is InChI=1S/C39H45ClFN5O3S/c1-25-42-35-9-5-6-10-36(35)46(25)31-21-29-13-14-30(22-31)45(29)20-19-39(26-7-3-2-4-8-26)17-15-27(16-18-39)43-38(47)32-23-37(33(40)24-34(32)41)50(48,49)44-28-11-12-28/h2-10,23-24,27-31,44H,11-22H2,1H3,(H,43,47). The van der Waals surface area contributed by atoms with E-state index in [0.717, 1.165) is 87.8 Å². The average Bonchev–Trinajstić information content (AvgIpc) is 3.79. The second-order valence-electron chi connectivity index (χ2n) is 15.1. The molecule has 4 fully saturated rings. The van der Waals surface area contributed by atoms with Gasteiger partial charge in [-0.1, -0.05) is 54.1 Å². The number of rotatable bonds is 10. The molecule has 2 saturated heterocycles. The van der Waals surface area contributed by atoms with Crippen LogP contribution in [0.1, 0.15) is 98.4 Å². The number of aryl methyl sites for hydroxylation is 1. The van der Waals surface area contributed by atoms with Crippen molar-refractivity contribution in [2.75, 3.05) is 6.54 Å². The van der Waals surface area contributed by atoms with Crippen molar-refractivity contribution in [2.24, 2.45) is 0 Å². The third-order valence-electron chi connectivity index (χ3n) is 12.0. The minimum Gasteiger partial charge on any atom is -0.349 e. The number of piperidine rings is 1. The van der Waals surface area contributed by atoms with Gasteiger partial charge in [0.25, 0.3) is 5.91 Å². The zero-order valence-corrected chi connectivity index (χ0v) is 30.0. The summed E-state index contributed by atoms with van der Waals surface area (Å²) in [6.45, 7) is 3.18. The second-order valence-corrected chi connectivity index (χ2v) is 17.2. The molecule has 3 aromatic carbocycles. The molecule has 2 saturated carbocycles. The maximum absolute atomic E-state index is 15.0.